The summed E-state index contributed by atoms with van der Waals surface area (Å²) < 4.78 is 2.37. The maximum Gasteiger partial charge on any atom is 0.124 e. The number of nitrogens with zero attached hydrogens (tertiary/aromatic N) is 2. The first-order valence-corrected chi connectivity index (χ1v) is 14.7. The van der Waals surface area contributed by atoms with Crippen molar-refractivity contribution in [3.05, 3.63) is 122 Å². The molecular weight excluding hydrogens is 470 g/mol. The monoisotopic (exact) mass is 499 g/mol. The second-order valence-electron chi connectivity index (χ2n) is 9.67. The van der Waals surface area contributed by atoms with E-state index in [1.54, 1.807) is 18.2 Å². The highest BCUT2D eigenvalue weighted by molar-refractivity contribution is 8.33. The molecule has 4 heteroatoms. The average molecular weight is 500 g/mol. The summed E-state index contributed by atoms with van der Waals surface area (Å²) in [5.74, 6) is 0.399. The van der Waals surface area contributed by atoms with E-state index in [1.165, 1.54) is 42.7 Å². The summed E-state index contributed by atoms with van der Waals surface area (Å²) in [6.07, 6.45) is 9.97. The van der Waals surface area contributed by atoms with E-state index in [9.17, 15) is 0 Å². The lowest BCUT2D eigenvalue weighted by molar-refractivity contribution is 1.18. The van der Waals surface area contributed by atoms with Gasteiger partial charge in [-0.1, -0.05) is 73.8 Å². The summed E-state index contributed by atoms with van der Waals surface area (Å²) in [5.41, 5.74) is 13.8. The van der Waals surface area contributed by atoms with Crippen LogP contribution in [0.3, 0.4) is 0 Å². The van der Waals surface area contributed by atoms with Gasteiger partial charge in [0.05, 0.1) is 16.7 Å². The van der Waals surface area contributed by atoms with Gasteiger partial charge in [-0.25, -0.2) is 4.99 Å². The lowest BCUT2D eigenvalue weighted by atomic mass is 10.0. The van der Waals surface area contributed by atoms with Gasteiger partial charge in [-0.05, 0) is 71.7 Å². The zero-order valence-electron chi connectivity index (χ0n) is 21.1. The number of amidine groups is 1. The minimum atomic E-state index is -1.06. The van der Waals surface area contributed by atoms with Crippen molar-refractivity contribution in [1.82, 2.24) is 4.57 Å². The Morgan fingerprint density at radius 2 is 1.57 bits per heavy atom. The van der Waals surface area contributed by atoms with Crippen LogP contribution >= 0.6 is 10.0 Å². The van der Waals surface area contributed by atoms with Crippen molar-refractivity contribution in [1.29, 1.82) is 0 Å². The molecule has 3 nitrogen and oxygen atoms in total. The van der Waals surface area contributed by atoms with Crippen LogP contribution in [0.1, 0.15) is 5.56 Å². The minimum Gasteiger partial charge on any atom is -0.384 e. The molecule has 2 N–H and O–H groups in total. The normalized spacial score (nSPS) is 15.1. The van der Waals surface area contributed by atoms with Crippen LogP contribution in [0.4, 0.5) is 0 Å². The van der Waals surface area contributed by atoms with E-state index in [0.29, 0.717) is 11.5 Å². The van der Waals surface area contributed by atoms with Crippen LogP contribution in [0.2, 0.25) is 0 Å². The molecule has 0 amide bonds. The molecule has 2 heterocycles. The van der Waals surface area contributed by atoms with Crippen molar-refractivity contribution < 1.29 is 0 Å². The molecule has 5 aromatic rings. The Bertz CT molecular complexity index is 1780. The Hall–Kier alpha value is -4.28. The van der Waals surface area contributed by atoms with Crippen molar-refractivity contribution in [3.8, 4) is 16.8 Å². The molecule has 0 radical (unpaired) electrons. The first-order valence-electron chi connectivity index (χ1n) is 12.2. The van der Waals surface area contributed by atoms with Gasteiger partial charge in [0.25, 0.3) is 0 Å². The van der Waals surface area contributed by atoms with Crippen molar-refractivity contribution in [2.24, 2.45) is 10.7 Å². The quantitative estimate of drug-likeness (QED) is 0.147. The van der Waals surface area contributed by atoms with E-state index in [2.05, 4.69) is 120 Å². The molecule has 1 aromatic heterocycles. The number of benzene rings is 4. The van der Waals surface area contributed by atoms with Gasteiger partial charge in [0, 0.05) is 26.3 Å². The number of hydrogen-bond donors (Lipinski definition) is 1. The van der Waals surface area contributed by atoms with E-state index < -0.39 is 10.0 Å². The number of aromatic nitrogens is 1. The molecule has 0 bridgehead atoms. The number of hydrogen-bond acceptors (Lipinski definition) is 1. The third-order valence-electron chi connectivity index (χ3n) is 7.18. The fraction of sp³-hybridized carbons (Fsp3) is 0.0606. The Labute approximate surface area is 219 Å². The summed E-state index contributed by atoms with van der Waals surface area (Å²) in [6.45, 7) is 7.77. The van der Waals surface area contributed by atoms with Crippen molar-refractivity contribution in [2.45, 2.75) is 9.79 Å². The summed E-state index contributed by atoms with van der Waals surface area (Å²) in [5, 5.41) is 2.56. The van der Waals surface area contributed by atoms with Crippen LogP contribution < -0.4 is 5.73 Å². The SMILES string of the molecule is C=C/C=C\C(N)=NC(=C)c1ccc(-n2c3ccccc3c3cc4c(cc32)-c2ccccc2S4(C)C)cc1. The zero-order chi connectivity index (χ0) is 25.7. The second kappa shape index (κ2) is 8.68. The Kier molecular flexibility index (Phi) is 5.43. The van der Waals surface area contributed by atoms with E-state index in [-0.39, 0.29) is 0 Å². The van der Waals surface area contributed by atoms with E-state index in [0.717, 1.165) is 11.3 Å². The zero-order valence-corrected chi connectivity index (χ0v) is 21.9. The fourth-order valence-electron chi connectivity index (χ4n) is 5.39. The lowest BCUT2D eigenvalue weighted by Crippen LogP contribution is -2.07. The standard InChI is InChI=1S/C33H29N3S/c1-5-6-15-33(34)35-22(2)23-16-18-24(19-17-23)36-29-13-9-7-11-25(29)27-21-32-28(20-30(27)36)26-12-8-10-14-31(26)37(32,3)4/h5-21H,1-2H2,3-4H3,(H2,34,35)/b15-6-. The third kappa shape index (κ3) is 3.64. The highest BCUT2D eigenvalue weighted by Gasteiger charge is 2.32. The maximum atomic E-state index is 5.98. The molecular formula is C33H29N3S. The highest BCUT2D eigenvalue weighted by atomic mass is 32.3. The summed E-state index contributed by atoms with van der Waals surface area (Å²) >= 11 is 0. The van der Waals surface area contributed by atoms with Gasteiger partial charge in [0.15, 0.2) is 0 Å². The molecule has 0 saturated heterocycles. The molecule has 182 valence electrons. The molecule has 0 fully saturated rings. The predicted octanol–water partition coefficient (Wildman–Crippen LogP) is 8.32. The van der Waals surface area contributed by atoms with E-state index >= 15 is 0 Å². The van der Waals surface area contributed by atoms with Gasteiger partial charge >= 0.3 is 0 Å². The summed E-state index contributed by atoms with van der Waals surface area (Å²) in [7, 11) is -1.06. The summed E-state index contributed by atoms with van der Waals surface area (Å²) in [6, 6.07) is 30.8. The smallest absolute Gasteiger partial charge is 0.124 e. The van der Waals surface area contributed by atoms with Crippen molar-refractivity contribution in [3.63, 3.8) is 0 Å². The first-order chi connectivity index (χ1) is 17.9. The van der Waals surface area contributed by atoms with Gasteiger partial charge in [0.1, 0.15) is 5.84 Å². The topological polar surface area (TPSA) is 43.3 Å². The van der Waals surface area contributed by atoms with E-state index in [4.69, 9.17) is 5.73 Å². The first kappa shape index (κ1) is 23.1. The number of allylic oxidation sites excluding steroid dienone is 2. The highest BCUT2D eigenvalue weighted by Crippen LogP contribution is 2.67. The van der Waals surface area contributed by atoms with Gasteiger partial charge in [-0.15, -0.1) is 0 Å². The molecule has 6 rings (SSSR count). The largest absolute Gasteiger partial charge is 0.384 e. The Morgan fingerprint density at radius 3 is 2.35 bits per heavy atom. The second-order valence-corrected chi connectivity index (χ2v) is 13.2. The predicted molar refractivity (Wildman–Crippen MR) is 162 cm³/mol. The van der Waals surface area contributed by atoms with Gasteiger partial charge in [-0.3, -0.25) is 0 Å². The van der Waals surface area contributed by atoms with Crippen LogP contribution in [0.5, 0.6) is 0 Å². The van der Waals surface area contributed by atoms with Gasteiger partial charge in [0.2, 0.25) is 0 Å². The minimum absolute atomic E-state index is 0.399. The van der Waals surface area contributed by atoms with Gasteiger partial charge < -0.3 is 10.3 Å². The van der Waals surface area contributed by atoms with Crippen LogP contribution in [0, 0.1) is 0 Å². The number of rotatable bonds is 5. The third-order valence-corrected chi connectivity index (χ3v) is 10.1. The number of para-hydroxylation sites is 1. The Morgan fingerprint density at radius 1 is 0.838 bits per heavy atom. The molecule has 0 atom stereocenters. The number of fused-ring (bicyclic) bond motifs is 6. The van der Waals surface area contributed by atoms with E-state index in [1.807, 2.05) is 0 Å². The molecule has 37 heavy (non-hydrogen) atoms. The molecule has 0 spiro atoms. The maximum absolute atomic E-state index is 5.98. The van der Waals surface area contributed by atoms with Crippen molar-refractivity contribution in [2.75, 3.05) is 12.5 Å². The van der Waals surface area contributed by atoms with Gasteiger partial charge in [-0.2, -0.15) is 10.0 Å². The molecule has 4 aromatic carbocycles. The van der Waals surface area contributed by atoms with Crippen LogP contribution in [0.25, 0.3) is 44.3 Å². The number of nitrogens with two attached hydrogens (primary N) is 1. The molecule has 1 aliphatic rings. The van der Waals surface area contributed by atoms with Crippen LogP contribution in [-0.2, 0) is 0 Å². The van der Waals surface area contributed by atoms with Crippen LogP contribution in [0.15, 0.2) is 131 Å². The fourth-order valence-corrected chi connectivity index (χ4v) is 7.90. The summed E-state index contributed by atoms with van der Waals surface area (Å²) in [4.78, 5) is 7.35. The molecule has 0 unspecified atom stereocenters. The lowest BCUT2D eigenvalue weighted by Gasteiger charge is -2.28. The molecule has 1 aliphatic heterocycles. The Balaban J connectivity index is 1.52. The molecule has 0 aliphatic carbocycles. The van der Waals surface area contributed by atoms with Crippen molar-refractivity contribution >= 4 is 43.4 Å². The molecule has 0 saturated carbocycles. The number of aliphatic imine (C=N–C) groups is 1. The average Bonchev–Trinajstić information content (AvgIpc) is 3.35. The van der Waals surface area contributed by atoms with Crippen LogP contribution in [-0.4, -0.2) is 22.9 Å².